The van der Waals surface area contributed by atoms with Gasteiger partial charge in [0.1, 0.15) is 0 Å². The third-order valence-corrected chi connectivity index (χ3v) is 2.25. The summed E-state index contributed by atoms with van der Waals surface area (Å²) in [5.74, 6) is 0.509. The number of anilines is 1. The molecule has 0 aromatic heterocycles. The zero-order chi connectivity index (χ0) is 14.6. The number of carbonyl (C=O) groups is 1. The molecule has 0 unspecified atom stereocenters. The van der Waals surface area contributed by atoms with Crippen molar-refractivity contribution < 1.29 is 19.0 Å². The van der Waals surface area contributed by atoms with Crippen molar-refractivity contribution in [3.05, 3.63) is 17.7 Å². The average Bonchev–Trinajstić information content (AvgIpc) is 2.30. The van der Waals surface area contributed by atoms with E-state index in [1.807, 2.05) is 27.7 Å². The highest BCUT2D eigenvalue weighted by Gasteiger charge is 2.17. The molecule has 0 aliphatic heterocycles. The lowest BCUT2D eigenvalue weighted by Gasteiger charge is -2.18. The lowest BCUT2D eigenvalue weighted by Crippen LogP contribution is -2.13. The van der Waals surface area contributed by atoms with Crippen molar-refractivity contribution in [1.82, 2.24) is 0 Å². The molecule has 0 saturated heterocycles. The Morgan fingerprint density at radius 1 is 1.05 bits per heavy atom. The van der Waals surface area contributed by atoms with E-state index in [0.717, 1.165) is 0 Å². The second kappa shape index (κ2) is 6.31. The van der Waals surface area contributed by atoms with Gasteiger partial charge in [-0.15, -0.1) is 0 Å². The van der Waals surface area contributed by atoms with Crippen LogP contribution < -0.4 is 15.2 Å². The fourth-order valence-corrected chi connectivity index (χ4v) is 1.55. The normalized spacial score (nSPS) is 10.7. The van der Waals surface area contributed by atoms with Gasteiger partial charge < -0.3 is 19.9 Å². The van der Waals surface area contributed by atoms with Crippen LogP contribution in [0.25, 0.3) is 0 Å². The highest BCUT2D eigenvalue weighted by atomic mass is 16.5. The van der Waals surface area contributed by atoms with Crippen LogP contribution >= 0.6 is 0 Å². The van der Waals surface area contributed by atoms with Crippen LogP contribution in [0, 0.1) is 0 Å². The van der Waals surface area contributed by atoms with E-state index < -0.39 is 5.97 Å². The van der Waals surface area contributed by atoms with E-state index in [9.17, 15) is 4.79 Å². The second-order valence-corrected chi connectivity index (χ2v) is 4.71. The molecule has 0 spiro atoms. The number of nitrogens with two attached hydrogens (primary N) is 1. The summed E-state index contributed by atoms with van der Waals surface area (Å²) in [5, 5.41) is 0. The van der Waals surface area contributed by atoms with Crippen LogP contribution in [-0.2, 0) is 4.74 Å². The van der Waals surface area contributed by atoms with Crippen molar-refractivity contribution >= 4 is 11.7 Å². The van der Waals surface area contributed by atoms with Gasteiger partial charge in [-0.2, -0.15) is 0 Å². The van der Waals surface area contributed by atoms with Gasteiger partial charge in [0.2, 0.25) is 0 Å². The van der Waals surface area contributed by atoms with E-state index in [2.05, 4.69) is 4.74 Å². The summed E-state index contributed by atoms with van der Waals surface area (Å²) >= 11 is 0. The number of ether oxygens (including phenoxy) is 3. The molecule has 0 heterocycles. The number of rotatable bonds is 5. The third kappa shape index (κ3) is 4.05. The van der Waals surface area contributed by atoms with E-state index >= 15 is 0 Å². The Morgan fingerprint density at radius 3 is 1.95 bits per heavy atom. The van der Waals surface area contributed by atoms with Crippen molar-refractivity contribution in [2.75, 3.05) is 12.8 Å². The molecule has 1 aromatic carbocycles. The van der Waals surface area contributed by atoms with Gasteiger partial charge in [0.05, 0.1) is 30.6 Å². The fourth-order valence-electron chi connectivity index (χ4n) is 1.55. The van der Waals surface area contributed by atoms with E-state index in [1.54, 1.807) is 12.1 Å². The third-order valence-electron chi connectivity index (χ3n) is 2.25. The van der Waals surface area contributed by atoms with Crippen molar-refractivity contribution in [2.45, 2.75) is 39.9 Å². The molecule has 0 aliphatic rings. The average molecular weight is 267 g/mol. The van der Waals surface area contributed by atoms with Gasteiger partial charge in [-0.25, -0.2) is 4.79 Å². The number of benzene rings is 1. The summed E-state index contributed by atoms with van der Waals surface area (Å²) in [7, 11) is 1.31. The number of methoxy groups -OCH3 is 1. The Morgan fingerprint density at radius 2 is 1.53 bits per heavy atom. The zero-order valence-electron chi connectivity index (χ0n) is 12.0. The molecule has 1 rings (SSSR count). The Labute approximate surface area is 113 Å². The maximum absolute atomic E-state index is 11.6. The van der Waals surface area contributed by atoms with Crippen LogP contribution in [0.4, 0.5) is 5.69 Å². The highest BCUT2D eigenvalue weighted by molar-refractivity contribution is 5.96. The molecule has 1 aromatic rings. The van der Waals surface area contributed by atoms with Crippen LogP contribution in [0.1, 0.15) is 38.1 Å². The summed E-state index contributed by atoms with van der Waals surface area (Å²) in [4.78, 5) is 11.6. The Hall–Kier alpha value is -1.91. The largest absolute Gasteiger partial charge is 0.487 e. The quantitative estimate of drug-likeness (QED) is 0.656. The molecule has 19 heavy (non-hydrogen) atoms. The van der Waals surface area contributed by atoms with E-state index in [0.29, 0.717) is 17.2 Å². The fraction of sp³-hybridized carbons (Fsp3) is 0.500. The maximum Gasteiger partial charge on any atom is 0.340 e. The minimum atomic E-state index is -0.498. The maximum atomic E-state index is 11.6. The number of hydrogen-bond acceptors (Lipinski definition) is 5. The molecule has 0 fully saturated rings. The minimum absolute atomic E-state index is 0.0158. The van der Waals surface area contributed by atoms with Crippen molar-refractivity contribution in [3.8, 4) is 11.5 Å². The Balaban J connectivity index is 3.23. The second-order valence-electron chi connectivity index (χ2n) is 4.71. The first-order valence-electron chi connectivity index (χ1n) is 6.20. The van der Waals surface area contributed by atoms with Gasteiger partial charge in [-0.3, -0.25) is 0 Å². The first-order chi connectivity index (χ1) is 8.85. The van der Waals surface area contributed by atoms with Crippen LogP contribution in [0.5, 0.6) is 11.5 Å². The van der Waals surface area contributed by atoms with Crippen LogP contribution in [0.3, 0.4) is 0 Å². The minimum Gasteiger partial charge on any atom is -0.487 e. The SMILES string of the molecule is COC(=O)c1cc(OC(C)C)c(OC(C)C)cc1N. The molecule has 2 N–H and O–H groups in total. The summed E-state index contributed by atoms with van der Waals surface area (Å²) in [6, 6.07) is 3.14. The highest BCUT2D eigenvalue weighted by Crippen LogP contribution is 2.34. The van der Waals surface area contributed by atoms with E-state index in [4.69, 9.17) is 15.2 Å². The first kappa shape index (κ1) is 15.1. The topological polar surface area (TPSA) is 70.8 Å². The molecule has 0 saturated carbocycles. The molecule has 0 amide bonds. The molecular weight excluding hydrogens is 246 g/mol. The van der Waals surface area contributed by atoms with Crippen molar-refractivity contribution in [2.24, 2.45) is 0 Å². The predicted molar refractivity (Wildman–Crippen MR) is 73.7 cm³/mol. The van der Waals surface area contributed by atoms with Gasteiger partial charge in [-0.1, -0.05) is 0 Å². The molecule has 0 atom stereocenters. The van der Waals surface area contributed by atoms with Crippen LogP contribution in [0.15, 0.2) is 12.1 Å². The first-order valence-corrected chi connectivity index (χ1v) is 6.20. The number of hydrogen-bond donors (Lipinski definition) is 1. The monoisotopic (exact) mass is 267 g/mol. The van der Waals surface area contributed by atoms with E-state index in [-0.39, 0.29) is 17.8 Å². The molecule has 0 bridgehead atoms. The van der Waals surface area contributed by atoms with Crippen LogP contribution in [-0.4, -0.2) is 25.3 Å². The molecule has 0 radical (unpaired) electrons. The summed E-state index contributed by atoms with van der Waals surface area (Å²) in [6.07, 6.45) is -0.0541. The molecule has 5 heteroatoms. The van der Waals surface area contributed by atoms with Crippen LogP contribution in [0.2, 0.25) is 0 Å². The molecular formula is C14H21NO4. The smallest absolute Gasteiger partial charge is 0.340 e. The number of carbonyl (C=O) groups excluding carboxylic acids is 1. The summed E-state index contributed by atoms with van der Waals surface area (Å²) < 4.78 is 16.0. The van der Waals surface area contributed by atoms with Gasteiger partial charge in [-0.05, 0) is 27.7 Å². The summed E-state index contributed by atoms with van der Waals surface area (Å²) in [5.41, 5.74) is 6.41. The van der Waals surface area contributed by atoms with Crippen molar-refractivity contribution in [1.29, 1.82) is 0 Å². The van der Waals surface area contributed by atoms with Crippen molar-refractivity contribution in [3.63, 3.8) is 0 Å². The molecule has 106 valence electrons. The molecule has 5 nitrogen and oxygen atoms in total. The van der Waals surface area contributed by atoms with Gasteiger partial charge >= 0.3 is 5.97 Å². The Bertz CT molecular complexity index is 455. The standard InChI is InChI=1S/C14H21NO4/c1-8(2)18-12-6-10(14(16)17-5)11(15)7-13(12)19-9(3)4/h6-9H,15H2,1-5H3. The Kier molecular flexibility index (Phi) is 5.03. The number of esters is 1. The van der Waals surface area contributed by atoms with Gasteiger partial charge in [0.15, 0.2) is 11.5 Å². The van der Waals surface area contributed by atoms with E-state index in [1.165, 1.54) is 7.11 Å². The predicted octanol–water partition coefficient (Wildman–Crippen LogP) is 2.63. The van der Waals surface area contributed by atoms with Gasteiger partial charge in [0, 0.05) is 12.1 Å². The zero-order valence-corrected chi connectivity index (χ0v) is 12.0. The number of nitrogen functional groups attached to an aromatic ring is 1. The summed E-state index contributed by atoms with van der Waals surface area (Å²) in [6.45, 7) is 7.60. The molecule has 0 aliphatic carbocycles. The lowest BCUT2D eigenvalue weighted by atomic mass is 10.1. The van der Waals surface area contributed by atoms with Gasteiger partial charge in [0.25, 0.3) is 0 Å². The lowest BCUT2D eigenvalue weighted by molar-refractivity contribution is 0.0601.